The van der Waals surface area contributed by atoms with Crippen LogP contribution >= 0.6 is 0 Å². The monoisotopic (exact) mass is 269 g/mol. The Hall–Kier alpha value is -2.44. The molecule has 1 atom stereocenters. The number of nitrogens with one attached hydrogen (secondary N) is 1. The first-order valence-electron chi connectivity index (χ1n) is 6.27. The van der Waals surface area contributed by atoms with Gasteiger partial charge in [-0.3, -0.25) is 5.84 Å². The van der Waals surface area contributed by atoms with Gasteiger partial charge >= 0.3 is 0 Å². The Kier molecular flexibility index (Phi) is 3.32. The third-order valence-electron chi connectivity index (χ3n) is 3.12. The molecule has 0 aliphatic heterocycles. The molecule has 2 aromatic heterocycles. The Morgan fingerprint density at radius 2 is 2.10 bits per heavy atom. The van der Waals surface area contributed by atoms with Crippen LogP contribution in [-0.4, -0.2) is 15.0 Å². The summed E-state index contributed by atoms with van der Waals surface area (Å²) in [4.78, 5) is 0. The van der Waals surface area contributed by atoms with Crippen molar-refractivity contribution in [3.8, 4) is 5.69 Å². The lowest BCUT2D eigenvalue weighted by molar-refractivity contribution is 0.522. The van der Waals surface area contributed by atoms with Crippen molar-refractivity contribution in [1.29, 1.82) is 0 Å². The van der Waals surface area contributed by atoms with E-state index in [0.29, 0.717) is 0 Å². The molecule has 0 bridgehead atoms. The van der Waals surface area contributed by atoms with Crippen molar-refractivity contribution in [3.05, 3.63) is 65.9 Å². The number of furan rings is 1. The summed E-state index contributed by atoms with van der Waals surface area (Å²) < 4.78 is 7.10. The average molecular weight is 269 g/mol. The van der Waals surface area contributed by atoms with Crippen molar-refractivity contribution in [2.45, 2.75) is 13.0 Å². The van der Waals surface area contributed by atoms with Gasteiger partial charge in [-0.25, -0.2) is 10.1 Å². The summed E-state index contributed by atoms with van der Waals surface area (Å²) in [6.07, 6.45) is 3.38. The Labute approximate surface area is 116 Å². The van der Waals surface area contributed by atoms with Crippen molar-refractivity contribution < 1.29 is 4.42 Å². The average Bonchev–Trinajstić information content (AvgIpc) is 3.11. The Balaban J connectivity index is 2.04. The predicted molar refractivity (Wildman–Crippen MR) is 74.0 cm³/mol. The van der Waals surface area contributed by atoms with E-state index in [2.05, 4.69) is 15.7 Å². The molecule has 6 nitrogen and oxygen atoms in total. The summed E-state index contributed by atoms with van der Waals surface area (Å²) in [5, 5.41) is 8.11. The summed E-state index contributed by atoms with van der Waals surface area (Å²) in [6.45, 7) is 1.89. The third-order valence-corrected chi connectivity index (χ3v) is 3.12. The van der Waals surface area contributed by atoms with Crippen LogP contribution < -0.4 is 11.3 Å². The van der Waals surface area contributed by atoms with E-state index in [0.717, 1.165) is 22.7 Å². The van der Waals surface area contributed by atoms with Crippen LogP contribution in [-0.2, 0) is 0 Å². The van der Waals surface area contributed by atoms with Crippen molar-refractivity contribution in [2.75, 3.05) is 0 Å². The SMILES string of the molecule is Cc1cc(C(NN)c2cnnn2-c2ccccc2)co1. The summed E-state index contributed by atoms with van der Waals surface area (Å²) in [6, 6.07) is 11.5. The zero-order chi connectivity index (χ0) is 13.9. The second kappa shape index (κ2) is 5.28. The first kappa shape index (κ1) is 12.6. The van der Waals surface area contributed by atoms with Gasteiger partial charge in [-0.15, -0.1) is 5.10 Å². The van der Waals surface area contributed by atoms with Crippen molar-refractivity contribution in [1.82, 2.24) is 20.4 Å². The largest absolute Gasteiger partial charge is 0.469 e. The number of aromatic nitrogens is 3. The minimum Gasteiger partial charge on any atom is -0.469 e. The number of aryl methyl sites for hydroxylation is 1. The highest BCUT2D eigenvalue weighted by Crippen LogP contribution is 2.24. The zero-order valence-electron chi connectivity index (χ0n) is 11.0. The Morgan fingerprint density at radius 1 is 1.30 bits per heavy atom. The maximum atomic E-state index is 5.69. The summed E-state index contributed by atoms with van der Waals surface area (Å²) in [5.74, 6) is 6.52. The molecular weight excluding hydrogens is 254 g/mol. The van der Waals surface area contributed by atoms with Crippen molar-refractivity contribution in [3.63, 3.8) is 0 Å². The molecule has 102 valence electrons. The van der Waals surface area contributed by atoms with E-state index in [9.17, 15) is 0 Å². The first-order chi connectivity index (χ1) is 9.79. The van der Waals surface area contributed by atoms with Crippen LogP contribution in [0.5, 0.6) is 0 Å². The molecule has 3 N–H and O–H groups in total. The number of hydrogen-bond acceptors (Lipinski definition) is 5. The molecule has 3 aromatic rings. The fraction of sp³-hybridized carbons (Fsp3) is 0.143. The number of para-hydroxylation sites is 1. The summed E-state index contributed by atoms with van der Waals surface area (Å²) in [5.41, 5.74) is 5.50. The van der Waals surface area contributed by atoms with E-state index in [1.807, 2.05) is 43.3 Å². The molecule has 1 unspecified atom stereocenters. The van der Waals surface area contributed by atoms with Crippen LogP contribution in [0.1, 0.15) is 23.1 Å². The van der Waals surface area contributed by atoms with Crippen LogP contribution in [0.25, 0.3) is 5.69 Å². The molecule has 0 saturated heterocycles. The first-order valence-corrected chi connectivity index (χ1v) is 6.27. The fourth-order valence-corrected chi connectivity index (χ4v) is 2.18. The van der Waals surface area contributed by atoms with Crippen molar-refractivity contribution in [2.24, 2.45) is 5.84 Å². The molecule has 2 heterocycles. The van der Waals surface area contributed by atoms with Gasteiger partial charge in [-0.1, -0.05) is 23.4 Å². The highest BCUT2D eigenvalue weighted by atomic mass is 16.3. The van der Waals surface area contributed by atoms with E-state index >= 15 is 0 Å². The maximum absolute atomic E-state index is 5.69. The molecule has 3 rings (SSSR count). The topological polar surface area (TPSA) is 81.9 Å². The summed E-state index contributed by atoms with van der Waals surface area (Å²) >= 11 is 0. The molecule has 6 heteroatoms. The molecule has 0 amide bonds. The number of rotatable bonds is 4. The number of hydrogen-bond donors (Lipinski definition) is 2. The van der Waals surface area contributed by atoms with E-state index < -0.39 is 0 Å². The molecule has 20 heavy (non-hydrogen) atoms. The van der Waals surface area contributed by atoms with E-state index in [4.69, 9.17) is 10.3 Å². The Morgan fingerprint density at radius 3 is 2.75 bits per heavy atom. The predicted octanol–water partition coefficient (Wildman–Crippen LogP) is 1.72. The molecule has 0 radical (unpaired) electrons. The van der Waals surface area contributed by atoms with E-state index in [-0.39, 0.29) is 6.04 Å². The molecular formula is C14H15N5O. The van der Waals surface area contributed by atoms with Crippen LogP contribution in [0.3, 0.4) is 0 Å². The maximum Gasteiger partial charge on any atom is 0.101 e. The lowest BCUT2D eigenvalue weighted by Crippen LogP contribution is -2.30. The van der Waals surface area contributed by atoms with Gasteiger partial charge in [0.2, 0.25) is 0 Å². The van der Waals surface area contributed by atoms with Gasteiger partial charge in [0.1, 0.15) is 5.76 Å². The lowest BCUT2D eigenvalue weighted by Gasteiger charge is -2.15. The highest BCUT2D eigenvalue weighted by Gasteiger charge is 2.20. The number of hydrazine groups is 1. The number of benzene rings is 1. The van der Waals surface area contributed by atoms with E-state index in [1.54, 1.807) is 17.1 Å². The van der Waals surface area contributed by atoms with Gasteiger partial charge in [-0.2, -0.15) is 0 Å². The van der Waals surface area contributed by atoms with Crippen molar-refractivity contribution >= 4 is 0 Å². The number of nitrogens with zero attached hydrogens (tertiary/aromatic N) is 3. The van der Waals surface area contributed by atoms with Gasteiger partial charge in [0.15, 0.2) is 0 Å². The van der Waals surface area contributed by atoms with Crippen LogP contribution in [0.4, 0.5) is 0 Å². The van der Waals surface area contributed by atoms with Crippen LogP contribution in [0.15, 0.2) is 53.3 Å². The molecule has 0 aliphatic carbocycles. The minimum absolute atomic E-state index is 0.234. The van der Waals surface area contributed by atoms with Gasteiger partial charge in [0.05, 0.1) is 29.9 Å². The molecule has 0 saturated carbocycles. The number of nitrogens with two attached hydrogens (primary N) is 1. The van der Waals surface area contributed by atoms with Gasteiger partial charge < -0.3 is 4.42 Å². The van der Waals surface area contributed by atoms with E-state index in [1.165, 1.54) is 0 Å². The molecule has 1 aromatic carbocycles. The quantitative estimate of drug-likeness (QED) is 0.556. The standard InChI is InChI=1S/C14H15N5O/c1-10-7-11(9-20-10)14(17-15)13-8-16-18-19(13)12-5-3-2-4-6-12/h2-9,14,17H,15H2,1H3. The minimum atomic E-state index is -0.234. The molecule has 0 fully saturated rings. The molecule has 0 spiro atoms. The fourth-order valence-electron chi connectivity index (χ4n) is 2.18. The third kappa shape index (κ3) is 2.22. The van der Waals surface area contributed by atoms with Gasteiger partial charge in [0.25, 0.3) is 0 Å². The lowest BCUT2D eigenvalue weighted by atomic mass is 10.1. The van der Waals surface area contributed by atoms with Crippen LogP contribution in [0, 0.1) is 6.92 Å². The second-order valence-electron chi connectivity index (χ2n) is 4.50. The van der Waals surface area contributed by atoms with Gasteiger partial charge in [0, 0.05) is 5.56 Å². The molecule has 0 aliphatic rings. The smallest absolute Gasteiger partial charge is 0.101 e. The summed E-state index contributed by atoms with van der Waals surface area (Å²) in [7, 11) is 0. The second-order valence-corrected chi connectivity index (χ2v) is 4.50. The normalized spacial score (nSPS) is 12.5. The highest BCUT2D eigenvalue weighted by molar-refractivity contribution is 5.35. The van der Waals surface area contributed by atoms with Gasteiger partial charge in [-0.05, 0) is 25.1 Å². The zero-order valence-corrected chi connectivity index (χ0v) is 11.0. The van der Waals surface area contributed by atoms with Crippen LogP contribution in [0.2, 0.25) is 0 Å². The Bertz CT molecular complexity index is 688.